The maximum Gasteiger partial charge on any atom is 0.292 e. The fraction of sp³-hybridized carbons (Fsp3) is 0.308. The molecule has 0 atom stereocenters. The molecule has 0 saturated carbocycles. The molecule has 7 heteroatoms. The number of anilines is 1. The number of hydrogen-bond donors (Lipinski definition) is 2. The van der Waals surface area contributed by atoms with E-state index >= 15 is 0 Å². The summed E-state index contributed by atoms with van der Waals surface area (Å²) in [5, 5.41) is 21.0. The van der Waals surface area contributed by atoms with E-state index in [1.807, 2.05) is 6.92 Å². The number of benzene rings is 1. The van der Waals surface area contributed by atoms with Crippen molar-refractivity contribution < 1.29 is 9.66 Å². The molecule has 0 bridgehead atoms. The zero-order valence-electron chi connectivity index (χ0n) is 10.9. The molecule has 2 N–H and O–H groups in total. The molecule has 104 valence electrons. The van der Waals surface area contributed by atoms with Crippen molar-refractivity contribution in [1.29, 1.82) is 0 Å². The van der Waals surface area contributed by atoms with Gasteiger partial charge in [0.25, 0.3) is 5.69 Å². The molecule has 1 saturated heterocycles. The third kappa shape index (κ3) is 2.23. The highest BCUT2D eigenvalue weighted by Crippen LogP contribution is 2.33. The van der Waals surface area contributed by atoms with Gasteiger partial charge in [-0.15, -0.1) is 0 Å². The van der Waals surface area contributed by atoms with Crippen molar-refractivity contribution in [3.8, 4) is 11.1 Å². The summed E-state index contributed by atoms with van der Waals surface area (Å²) in [6, 6.07) is 4.99. The quantitative estimate of drug-likeness (QED) is 0.658. The van der Waals surface area contributed by atoms with Crippen LogP contribution in [0.5, 0.6) is 0 Å². The minimum absolute atomic E-state index is 0.0605. The van der Waals surface area contributed by atoms with Gasteiger partial charge in [0.2, 0.25) is 0 Å². The highest BCUT2D eigenvalue weighted by Gasteiger charge is 2.35. The van der Waals surface area contributed by atoms with Crippen LogP contribution in [0.25, 0.3) is 11.1 Å². The monoisotopic (exact) mass is 274 g/mol. The van der Waals surface area contributed by atoms with Crippen LogP contribution in [-0.4, -0.2) is 33.9 Å². The number of aromatic amines is 1. The Morgan fingerprint density at radius 2 is 2.25 bits per heavy atom. The first-order chi connectivity index (χ1) is 9.57. The van der Waals surface area contributed by atoms with E-state index in [1.165, 1.54) is 6.07 Å². The van der Waals surface area contributed by atoms with E-state index < -0.39 is 0 Å². The fourth-order valence-corrected chi connectivity index (χ4v) is 2.19. The lowest BCUT2D eigenvalue weighted by Crippen LogP contribution is -2.53. The van der Waals surface area contributed by atoms with Crippen molar-refractivity contribution in [3.05, 3.63) is 40.7 Å². The number of nitro groups is 1. The van der Waals surface area contributed by atoms with Gasteiger partial charge in [0.15, 0.2) is 0 Å². The summed E-state index contributed by atoms with van der Waals surface area (Å²) >= 11 is 0. The summed E-state index contributed by atoms with van der Waals surface area (Å²) in [5.74, 6) is 0. The number of nitro benzene ring substituents is 1. The van der Waals surface area contributed by atoms with Crippen molar-refractivity contribution in [2.45, 2.75) is 12.5 Å². The van der Waals surface area contributed by atoms with Crippen molar-refractivity contribution >= 4 is 11.4 Å². The first-order valence-corrected chi connectivity index (χ1v) is 6.21. The molecule has 1 aromatic heterocycles. The van der Waals surface area contributed by atoms with Gasteiger partial charge in [0.05, 0.1) is 29.9 Å². The van der Waals surface area contributed by atoms with Crippen molar-refractivity contribution in [1.82, 2.24) is 10.2 Å². The molecule has 0 radical (unpaired) electrons. The largest absolute Gasteiger partial charge is 0.376 e. The zero-order chi connectivity index (χ0) is 14.2. The SMILES string of the molecule is CC1(Nc2cc(-c3cn[nH]c3)ccc2[N+](=O)[O-])COC1. The molecule has 2 heterocycles. The second-order valence-electron chi connectivity index (χ2n) is 5.15. The van der Waals surface area contributed by atoms with Gasteiger partial charge in [-0.05, 0) is 24.6 Å². The predicted octanol–water partition coefficient (Wildman–Crippen LogP) is 2.19. The molecule has 1 aliphatic heterocycles. The molecule has 1 aliphatic rings. The standard InChI is InChI=1S/C13H14N4O3/c1-13(7-20-8-13)16-11-4-9(10-5-14-15-6-10)2-3-12(11)17(18)19/h2-6,16H,7-8H2,1H3,(H,14,15). The molecular formula is C13H14N4O3. The van der Waals surface area contributed by atoms with Crippen LogP contribution in [-0.2, 0) is 4.74 Å². The van der Waals surface area contributed by atoms with Crippen LogP contribution in [0.4, 0.5) is 11.4 Å². The number of ether oxygens (including phenoxy) is 1. The Kier molecular flexibility index (Phi) is 2.90. The van der Waals surface area contributed by atoms with Crippen LogP contribution < -0.4 is 5.32 Å². The van der Waals surface area contributed by atoms with Gasteiger partial charge in [-0.2, -0.15) is 5.10 Å². The van der Waals surface area contributed by atoms with E-state index in [2.05, 4.69) is 15.5 Å². The second-order valence-corrected chi connectivity index (χ2v) is 5.15. The molecule has 2 aromatic rings. The van der Waals surface area contributed by atoms with Crippen LogP contribution in [0.2, 0.25) is 0 Å². The Hall–Kier alpha value is -2.41. The Balaban J connectivity index is 1.99. The van der Waals surface area contributed by atoms with Crippen LogP contribution in [0, 0.1) is 10.1 Å². The van der Waals surface area contributed by atoms with Gasteiger partial charge in [0.1, 0.15) is 5.69 Å². The molecule has 0 amide bonds. The second kappa shape index (κ2) is 4.61. The first-order valence-electron chi connectivity index (χ1n) is 6.21. The number of rotatable bonds is 4. The van der Waals surface area contributed by atoms with E-state index in [1.54, 1.807) is 24.5 Å². The Morgan fingerprint density at radius 3 is 2.80 bits per heavy atom. The number of aromatic nitrogens is 2. The lowest BCUT2D eigenvalue weighted by atomic mass is 9.99. The number of nitrogens with one attached hydrogen (secondary N) is 2. The smallest absolute Gasteiger partial charge is 0.292 e. The zero-order valence-corrected chi connectivity index (χ0v) is 10.9. The first kappa shape index (κ1) is 12.6. The number of hydrogen-bond acceptors (Lipinski definition) is 5. The van der Waals surface area contributed by atoms with Crippen molar-refractivity contribution in [2.75, 3.05) is 18.5 Å². The Morgan fingerprint density at radius 1 is 1.45 bits per heavy atom. The van der Waals surface area contributed by atoms with E-state index in [-0.39, 0.29) is 16.1 Å². The van der Waals surface area contributed by atoms with E-state index in [0.717, 1.165) is 11.1 Å². The van der Waals surface area contributed by atoms with Crippen molar-refractivity contribution in [2.24, 2.45) is 0 Å². The van der Waals surface area contributed by atoms with Gasteiger partial charge < -0.3 is 10.1 Å². The molecule has 0 aliphatic carbocycles. The molecule has 0 unspecified atom stereocenters. The number of nitrogens with zero attached hydrogens (tertiary/aromatic N) is 2. The van der Waals surface area contributed by atoms with Crippen molar-refractivity contribution in [3.63, 3.8) is 0 Å². The molecule has 7 nitrogen and oxygen atoms in total. The van der Waals surface area contributed by atoms with Crippen LogP contribution in [0.1, 0.15) is 6.92 Å². The highest BCUT2D eigenvalue weighted by atomic mass is 16.6. The third-order valence-corrected chi connectivity index (χ3v) is 3.30. The summed E-state index contributed by atoms with van der Waals surface area (Å²) in [6.45, 7) is 3.06. The van der Waals surface area contributed by atoms with Gasteiger partial charge in [0, 0.05) is 17.8 Å². The molecule has 1 aromatic carbocycles. The lowest BCUT2D eigenvalue weighted by Gasteiger charge is -2.39. The van der Waals surface area contributed by atoms with E-state index in [4.69, 9.17) is 4.74 Å². The van der Waals surface area contributed by atoms with Gasteiger partial charge in [-0.3, -0.25) is 15.2 Å². The molecule has 20 heavy (non-hydrogen) atoms. The molecule has 3 rings (SSSR count). The van der Waals surface area contributed by atoms with Gasteiger partial charge in [-0.25, -0.2) is 0 Å². The number of H-pyrrole nitrogens is 1. The lowest BCUT2D eigenvalue weighted by molar-refractivity contribution is -0.384. The Bertz CT molecular complexity index is 635. The summed E-state index contributed by atoms with van der Waals surface area (Å²) in [7, 11) is 0. The molecule has 0 spiro atoms. The third-order valence-electron chi connectivity index (χ3n) is 3.30. The predicted molar refractivity (Wildman–Crippen MR) is 73.5 cm³/mol. The van der Waals surface area contributed by atoms with E-state index in [9.17, 15) is 10.1 Å². The normalized spacial score (nSPS) is 16.4. The molecular weight excluding hydrogens is 260 g/mol. The van der Waals surface area contributed by atoms with E-state index in [0.29, 0.717) is 18.9 Å². The van der Waals surface area contributed by atoms with Gasteiger partial charge in [-0.1, -0.05) is 0 Å². The average Bonchev–Trinajstić information content (AvgIpc) is 2.90. The minimum Gasteiger partial charge on any atom is -0.376 e. The summed E-state index contributed by atoms with van der Waals surface area (Å²) in [6.07, 6.45) is 3.43. The minimum atomic E-state index is -0.385. The fourth-order valence-electron chi connectivity index (χ4n) is 2.19. The maximum atomic E-state index is 11.1. The van der Waals surface area contributed by atoms with Crippen LogP contribution in [0.15, 0.2) is 30.6 Å². The summed E-state index contributed by atoms with van der Waals surface area (Å²) in [4.78, 5) is 10.7. The Labute approximate surface area is 115 Å². The average molecular weight is 274 g/mol. The topological polar surface area (TPSA) is 93.1 Å². The molecule has 1 fully saturated rings. The van der Waals surface area contributed by atoms with Gasteiger partial charge >= 0.3 is 0 Å². The van der Waals surface area contributed by atoms with Crippen LogP contribution in [0.3, 0.4) is 0 Å². The highest BCUT2D eigenvalue weighted by molar-refractivity contribution is 5.74. The summed E-state index contributed by atoms with van der Waals surface area (Å²) < 4.78 is 5.17. The van der Waals surface area contributed by atoms with Crippen LogP contribution >= 0.6 is 0 Å². The summed E-state index contributed by atoms with van der Waals surface area (Å²) in [5.41, 5.74) is 2.07. The maximum absolute atomic E-state index is 11.1.